The van der Waals surface area contributed by atoms with Crippen molar-refractivity contribution in [3.05, 3.63) is 46.2 Å². The zero-order valence-electron chi connectivity index (χ0n) is 13.1. The molecule has 6 heteroatoms. The van der Waals surface area contributed by atoms with E-state index in [2.05, 4.69) is 41.7 Å². The first-order chi connectivity index (χ1) is 10.5. The zero-order chi connectivity index (χ0) is 16.1. The lowest BCUT2D eigenvalue weighted by atomic mass is 10.1. The molecule has 0 saturated carbocycles. The number of aromatic nitrogens is 2. The van der Waals surface area contributed by atoms with Crippen LogP contribution in [0.25, 0.3) is 0 Å². The minimum Gasteiger partial charge on any atom is -0.362 e. The molecule has 1 aromatic heterocycles. The second kappa shape index (κ2) is 7.61. The van der Waals surface area contributed by atoms with Crippen LogP contribution in [0.4, 0.5) is 5.69 Å². The molecule has 118 valence electrons. The van der Waals surface area contributed by atoms with Crippen LogP contribution in [-0.4, -0.2) is 21.4 Å². The van der Waals surface area contributed by atoms with E-state index in [1.807, 2.05) is 23.9 Å². The van der Waals surface area contributed by atoms with Gasteiger partial charge in [-0.25, -0.2) is 0 Å². The Hall–Kier alpha value is -1.59. The van der Waals surface area contributed by atoms with Crippen molar-refractivity contribution in [2.75, 3.05) is 11.9 Å². The standard InChI is InChI=1S/C16H21ClN4S/c1-11-5-6-14(9-12(11)2)19-16(22)18-7-4-8-21-10-15(17)13(3)20-21/h5-6,9-10H,4,7-8H2,1-3H3,(H2,18,19,22). The quantitative estimate of drug-likeness (QED) is 0.643. The normalized spacial score (nSPS) is 10.5. The zero-order valence-corrected chi connectivity index (χ0v) is 14.7. The summed E-state index contributed by atoms with van der Waals surface area (Å²) >= 11 is 11.3. The third kappa shape index (κ3) is 4.71. The summed E-state index contributed by atoms with van der Waals surface area (Å²) in [6.07, 6.45) is 2.77. The molecule has 0 aliphatic heterocycles. The fraction of sp³-hybridized carbons (Fsp3) is 0.375. The van der Waals surface area contributed by atoms with E-state index in [0.29, 0.717) is 10.1 Å². The summed E-state index contributed by atoms with van der Waals surface area (Å²) in [6.45, 7) is 7.69. The lowest BCUT2D eigenvalue weighted by Crippen LogP contribution is -2.29. The average molecular weight is 337 g/mol. The molecular formula is C16H21ClN4S. The van der Waals surface area contributed by atoms with Gasteiger partial charge in [-0.1, -0.05) is 17.7 Å². The second-order valence-corrected chi connectivity index (χ2v) is 6.17. The van der Waals surface area contributed by atoms with Crippen molar-refractivity contribution in [2.24, 2.45) is 0 Å². The number of halogens is 1. The molecule has 0 fully saturated rings. The fourth-order valence-corrected chi connectivity index (χ4v) is 2.42. The Morgan fingerprint density at radius 2 is 2.05 bits per heavy atom. The molecule has 0 bridgehead atoms. The Balaban J connectivity index is 1.72. The topological polar surface area (TPSA) is 41.9 Å². The number of hydrogen-bond donors (Lipinski definition) is 2. The highest BCUT2D eigenvalue weighted by Gasteiger charge is 2.02. The first-order valence-corrected chi connectivity index (χ1v) is 8.06. The lowest BCUT2D eigenvalue weighted by Gasteiger charge is -2.11. The highest BCUT2D eigenvalue weighted by Crippen LogP contribution is 2.14. The first-order valence-electron chi connectivity index (χ1n) is 7.27. The van der Waals surface area contributed by atoms with Gasteiger partial charge >= 0.3 is 0 Å². The molecular weight excluding hydrogens is 316 g/mol. The van der Waals surface area contributed by atoms with Crippen LogP contribution in [0.15, 0.2) is 24.4 Å². The molecule has 4 nitrogen and oxygen atoms in total. The second-order valence-electron chi connectivity index (χ2n) is 5.36. The van der Waals surface area contributed by atoms with E-state index >= 15 is 0 Å². The van der Waals surface area contributed by atoms with Crippen molar-refractivity contribution in [3.63, 3.8) is 0 Å². The number of anilines is 1. The van der Waals surface area contributed by atoms with Gasteiger partial charge in [0.15, 0.2) is 5.11 Å². The molecule has 0 saturated heterocycles. The molecule has 0 amide bonds. The Morgan fingerprint density at radius 1 is 1.27 bits per heavy atom. The van der Waals surface area contributed by atoms with Crippen LogP contribution in [0.1, 0.15) is 23.2 Å². The van der Waals surface area contributed by atoms with E-state index in [4.69, 9.17) is 23.8 Å². The Morgan fingerprint density at radius 3 is 2.68 bits per heavy atom. The molecule has 0 radical (unpaired) electrons. The summed E-state index contributed by atoms with van der Waals surface area (Å²) in [6, 6.07) is 6.22. The predicted molar refractivity (Wildman–Crippen MR) is 96.7 cm³/mol. The van der Waals surface area contributed by atoms with Gasteiger partial charge in [0, 0.05) is 25.0 Å². The summed E-state index contributed by atoms with van der Waals surface area (Å²) in [5.41, 5.74) is 4.40. The lowest BCUT2D eigenvalue weighted by molar-refractivity contribution is 0.570. The smallest absolute Gasteiger partial charge is 0.170 e. The summed E-state index contributed by atoms with van der Waals surface area (Å²) in [5.74, 6) is 0. The van der Waals surface area contributed by atoms with Crippen LogP contribution in [0.2, 0.25) is 5.02 Å². The number of nitrogens with zero attached hydrogens (tertiary/aromatic N) is 2. The van der Waals surface area contributed by atoms with Crippen molar-refractivity contribution < 1.29 is 0 Å². The van der Waals surface area contributed by atoms with Gasteiger partial charge in [0.2, 0.25) is 0 Å². The third-order valence-corrected chi connectivity index (χ3v) is 4.12. The van der Waals surface area contributed by atoms with Gasteiger partial charge in [-0.2, -0.15) is 5.10 Å². The summed E-state index contributed by atoms with van der Waals surface area (Å²) in [4.78, 5) is 0. The molecule has 0 spiro atoms. The number of nitrogens with one attached hydrogen (secondary N) is 2. The van der Waals surface area contributed by atoms with Crippen molar-refractivity contribution in [1.29, 1.82) is 0 Å². The van der Waals surface area contributed by atoms with Gasteiger partial charge in [0.25, 0.3) is 0 Å². The van der Waals surface area contributed by atoms with Crippen LogP contribution in [0.3, 0.4) is 0 Å². The summed E-state index contributed by atoms with van der Waals surface area (Å²) in [7, 11) is 0. The monoisotopic (exact) mass is 336 g/mol. The highest BCUT2D eigenvalue weighted by atomic mass is 35.5. The number of aryl methyl sites for hydroxylation is 4. The van der Waals surface area contributed by atoms with E-state index in [9.17, 15) is 0 Å². The van der Waals surface area contributed by atoms with Crippen LogP contribution < -0.4 is 10.6 Å². The van der Waals surface area contributed by atoms with Gasteiger partial charge in [0.05, 0.1) is 10.7 Å². The molecule has 1 heterocycles. The van der Waals surface area contributed by atoms with E-state index in [1.165, 1.54) is 11.1 Å². The van der Waals surface area contributed by atoms with E-state index in [-0.39, 0.29) is 0 Å². The van der Waals surface area contributed by atoms with Crippen LogP contribution >= 0.6 is 23.8 Å². The van der Waals surface area contributed by atoms with Crippen molar-refractivity contribution in [3.8, 4) is 0 Å². The molecule has 0 aliphatic rings. The van der Waals surface area contributed by atoms with Gasteiger partial charge in [-0.3, -0.25) is 4.68 Å². The van der Waals surface area contributed by atoms with Gasteiger partial charge in [-0.05, 0) is 62.7 Å². The SMILES string of the molecule is Cc1ccc(NC(=S)NCCCn2cc(Cl)c(C)n2)cc1C. The molecule has 0 atom stereocenters. The van der Waals surface area contributed by atoms with Gasteiger partial charge in [-0.15, -0.1) is 0 Å². The molecule has 2 N–H and O–H groups in total. The number of thiocarbonyl (C=S) groups is 1. The Kier molecular flexibility index (Phi) is 5.80. The van der Waals surface area contributed by atoms with Gasteiger partial charge in [0.1, 0.15) is 0 Å². The minimum atomic E-state index is 0.637. The molecule has 0 unspecified atom stereocenters. The van der Waals surface area contributed by atoms with Crippen molar-refractivity contribution in [2.45, 2.75) is 33.7 Å². The van der Waals surface area contributed by atoms with E-state index in [0.717, 1.165) is 30.9 Å². The summed E-state index contributed by atoms with van der Waals surface area (Å²) < 4.78 is 1.86. The van der Waals surface area contributed by atoms with E-state index < -0.39 is 0 Å². The van der Waals surface area contributed by atoms with Crippen molar-refractivity contribution >= 4 is 34.6 Å². The predicted octanol–water partition coefficient (Wildman–Crippen LogP) is 3.84. The molecule has 2 aromatic rings. The summed E-state index contributed by atoms with van der Waals surface area (Å²) in [5, 5.41) is 12.1. The maximum atomic E-state index is 5.98. The van der Waals surface area contributed by atoms with Crippen LogP contribution in [0, 0.1) is 20.8 Å². The van der Waals surface area contributed by atoms with Crippen LogP contribution in [-0.2, 0) is 6.54 Å². The van der Waals surface area contributed by atoms with Gasteiger partial charge < -0.3 is 10.6 Å². The molecule has 1 aromatic carbocycles. The van der Waals surface area contributed by atoms with Crippen LogP contribution in [0.5, 0.6) is 0 Å². The average Bonchev–Trinajstić information content (AvgIpc) is 2.78. The molecule has 22 heavy (non-hydrogen) atoms. The largest absolute Gasteiger partial charge is 0.362 e. The number of hydrogen-bond acceptors (Lipinski definition) is 2. The molecule has 2 rings (SSSR count). The third-order valence-electron chi connectivity index (χ3n) is 3.50. The Bertz CT molecular complexity index is 647. The molecule has 0 aliphatic carbocycles. The van der Waals surface area contributed by atoms with E-state index in [1.54, 1.807) is 0 Å². The number of benzene rings is 1. The number of rotatable bonds is 5. The fourth-order valence-electron chi connectivity index (χ4n) is 2.05. The Labute approximate surface area is 141 Å². The maximum absolute atomic E-state index is 5.98. The maximum Gasteiger partial charge on any atom is 0.170 e. The minimum absolute atomic E-state index is 0.637. The van der Waals surface area contributed by atoms with Crippen molar-refractivity contribution in [1.82, 2.24) is 15.1 Å². The first kappa shape index (κ1) is 16.8. The highest BCUT2D eigenvalue weighted by molar-refractivity contribution is 7.80.